The first-order valence-corrected chi connectivity index (χ1v) is 10.2. The predicted molar refractivity (Wildman–Crippen MR) is 119 cm³/mol. The van der Waals surface area contributed by atoms with Crippen LogP contribution in [0.5, 0.6) is 0 Å². The summed E-state index contributed by atoms with van der Waals surface area (Å²) in [5.74, 6) is 0.0908. The summed E-state index contributed by atoms with van der Waals surface area (Å²) in [6.45, 7) is 1.44. The van der Waals surface area contributed by atoms with Crippen molar-refractivity contribution in [3.05, 3.63) is 65.7 Å². The van der Waals surface area contributed by atoms with Gasteiger partial charge in [-0.3, -0.25) is 9.59 Å². The second kappa shape index (κ2) is 9.92. The highest BCUT2D eigenvalue weighted by Crippen LogP contribution is 2.21. The second-order valence-electron chi connectivity index (χ2n) is 7.53. The molecule has 3 rings (SSSR count). The van der Waals surface area contributed by atoms with E-state index in [2.05, 4.69) is 34.5 Å². The van der Waals surface area contributed by atoms with Crippen LogP contribution in [0.4, 0.5) is 11.4 Å². The lowest BCUT2D eigenvalue weighted by Crippen LogP contribution is -2.23. The van der Waals surface area contributed by atoms with Crippen molar-refractivity contribution in [1.82, 2.24) is 5.32 Å². The lowest BCUT2D eigenvalue weighted by molar-refractivity contribution is -0.117. The molecule has 0 aromatic heterocycles. The van der Waals surface area contributed by atoms with Gasteiger partial charge in [0.1, 0.15) is 0 Å². The van der Waals surface area contributed by atoms with Crippen molar-refractivity contribution in [3.63, 3.8) is 0 Å². The van der Waals surface area contributed by atoms with Crippen molar-refractivity contribution in [1.29, 1.82) is 0 Å². The van der Waals surface area contributed by atoms with Crippen molar-refractivity contribution in [3.8, 4) is 0 Å². The molecule has 0 spiro atoms. The van der Waals surface area contributed by atoms with Gasteiger partial charge in [-0.2, -0.15) is 0 Å². The number of rotatable bonds is 8. The number of nitrogens with zero attached hydrogens (tertiary/aromatic N) is 2. The van der Waals surface area contributed by atoms with Crippen molar-refractivity contribution in [2.45, 2.75) is 25.7 Å². The number of carbonyl (C=O) groups excluding carboxylic acids is 2. The molecule has 0 bridgehead atoms. The fourth-order valence-electron chi connectivity index (χ4n) is 3.38. The number of hydrogen-bond acceptors (Lipinski definition) is 3. The summed E-state index contributed by atoms with van der Waals surface area (Å²) in [6.07, 6.45) is 6.74. The molecule has 1 aliphatic rings. The maximum atomic E-state index is 12.0. The second-order valence-corrected chi connectivity index (χ2v) is 7.53. The Morgan fingerprint density at radius 3 is 2.45 bits per heavy atom. The van der Waals surface area contributed by atoms with E-state index < -0.39 is 0 Å². The normalized spacial score (nSPS) is 13.9. The van der Waals surface area contributed by atoms with Crippen LogP contribution in [0.2, 0.25) is 0 Å². The van der Waals surface area contributed by atoms with E-state index in [-0.39, 0.29) is 11.8 Å². The first-order chi connectivity index (χ1) is 14.0. The number of hydrogen-bond donors (Lipinski definition) is 1. The lowest BCUT2D eigenvalue weighted by Gasteiger charge is -2.15. The summed E-state index contributed by atoms with van der Waals surface area (Å²) in [4.78, 5) is 27.7. The Morgan fingerprint density at radius 2 is 1.83 bits per heavy atom. The standard InChI is InChI=1S/C24H29N3O2/c1-26(2)21-12-7-19(8-13-21)5-3-17-25-23(28)16-11-20-9-14-22(15-10-20)27-18-4-6-24(27)29/h7-16H,3-6,17-18H2,1-2H3,(H,25,28)/b16-11+. The molecule has 0 aliphatic carbocycles. The molecule has 1 N–H and O–H groups in total. The monoisotopic (exact) mass is 391 g/mol. The average molecular weight is 392 g/mol. The molecule has 0 unspecified atom stereocenters. The number of carbonyl (C=O) groups is 2. The molecule has 152 valence electrons. The number of anilines is 2. The summed E-state index contributed by atoms with van der Waals surface area (Å²) in [5.41, 5.74) is 4.33. The van der Waals surface area contributed by atoms with E-state index in [9.17, 15) is 9.59 Å². The lowest BCUT2D eigenvalue weighted by atomic mass is 10.1. The molecule has 0 saturated carbocycles. The van der Waals surface area contributed by atoms with Gasteiger partial charge in [-0.25, -0.2) is 0 Å². The Hall–Kier alpha value is -3.08. The summed E-state index contributed by atoms with van der Waals surface area (Å²) in [7, 11) is 4.06. The molecular formula is C24H29N3O2. The highest BCUT2D eigenvalue weighted by molar-refractivity contribution is 5.95. The first-order valence-electron chi connectivity index (χ1n) is 10.2. The van der Waals surface area contributed by atoms with E-state index in [0.717, 1.165) is 37.1 Å². The number of amides is 2. The molecule has 1 aliphatic heterocycles. The van der Waals surface area contributed by atoms with Gasteiger partial charge < -0.3 is 15.1 Å². The summed E-state index contributed by atoms with van der Waals surface area (Å²) < 4.78 is 0. The maximum Gasteiger partial charge on any atom is 0.243 e. The minimum Gasteiger partial charge on any atom is -0.378 e. The van der Waals surface area contributed by atoms with E-state index in [0.29, 0.717) is 13.0 Å². The molecule has 2 aromatic carbocycles. The average Bonchev–Trinajstić information content (AvgIpc) is 3.16. The summed E-state index contributed by atoms with van der Waals surface area (Å²) >= 11 is 0. The Balaban J connectivity index is 1.39. The Labute approximate surface area is 173 Å². The van der Waals surface area contributed by atoms with Crippen LogP contribution >= 0.6 is 0 Å². The van der Waals surface area contributed by atoms with Crippen LogP contribution < -0.4 is 15.1 Å². The van der Waals surface area contributed by atoms with Crippen LogP contribution in [0.1, 0.15) is 30.4 Å². The molecule has 1 heterocycles. The quantitative estimate of drug-likeness (QED) is 0.552. The van der Waals surface area contributed by atoms with Gasteiger partial charge in [0.15, 0.2) is 0 Å². The van der Waals surface area contributed by atoms with Crippen LogP contribution in [0.3, 0.4) is 0 Å². The van der Waals surface area contributed by atoms with Crippen molar-refractivity contribution in [2.24, 2.45) is 0 Å². The number of benzene rings is 2. The van der Waals surface area contributed by atoms with Crippen molar-refractivity contribution in [2.75, 3.05) is 37.0 Å². The zero-order valence-corrected chi connectivity index (χ0v) is 17.2. The zero-order chi connectivity index (χ0) is 20.6. The fraction of sp³-hybridized carbons (Fsp3) is 0.333. The third kappa shape index (κ3) is 5.95. The van der Waals surface area contributed by atoms with E-state index in [4.69, 9.17) is 0 Å². The molecule has 29 heavy (non-hydrogen) atoms. The van der Waals surface area contributed by atoms with E-state index in [1.807, 2.05) is 43.3 Å². The molecule has 5 nitrogen and oxygen atoms in total. The number of nitrogens with one attached hydrogen (secondary N) is 1. The highest BCUT2D eigenvalue weighted by atomic mass is 16.2. The van der Waals surface area contributed by atoms with E-state index >= 15 is 0 Å². The Bertz CT molecular complexity index is 855. The molecule has 0 atom stereocenters. The minimum atomic E-state index is -0.0910. The van der Waals surface area contributed by atoms with E-state index in [1.54, 1.807) is 12.2 Å². The van der Waals surface area contributed by atoms with Gasteiger partial charge in [-0.15, -0.1) is 0 Å². The van der Waals surface area contributed by atoms with Crippen molar-refractivity contribution >= 4 is 29.3 Å². The third-order valence-electron chi connectivity index (χ3n) is 5.10. The Kier molecular flexibility index (Phi) is 7.06. The SMILES string of the molecule is CN(C)c1ccc(CCCNC(=O)/C=C/c2ccc(N3CCCC3=O)cc2)cc1. The molecule has 2 aromatic rings. The fourth-order valence-corrected chi connectivity index (χ4v) is 3.38. The minimum absolute atomic E-state index is 0.0910. The summed E-state index contributed by atoms with van der Waals surface area (Å²) in [6, 6.07) is 16.2. The first kappa shape index (κ1) is 20.6. The molecule has 0 radical (unpaired) electrons. The molecule has 5 heteroatoms. The molecular weight excluding hydrogens is 362 g/mol. The largest absolute Gasteiger partial charge is 0.378 e. The maximum absolute atomic E-state index is 12.0. The molecule has 2 amide bonds. The zero-order valence-electron chi connectivity index (χ0n) is 17.2. The van der Waals surface area contributed by atoms with Gasteiger partial charge in [-0.05, 0) is 60.7 Å². The van der Waals surface area contributed by atoms with Crippen LogP contribution in [0.15, 0.2) is 54.6 Å². The molecule has 1 saturated heterocycles. The van der Waals surface area contributed by atoms with Gasteiger partial charge in [0.05, 0.1) is 0 Å². The van der Waals surface area contributed by atoms with Gasteiger partial charge in [0.25, 0.3) is 0 Å². The highest BCUT2D eigenvalue weighted by Gasteiger charge is 2.21. The topological polar surface area (TPSA) is 52.7 Å². The predicted octanol–water partition coefficient (Wildman–Crippen LogP) is 3.64. The van der Waals surface area contributed by atoms with Crippen LogP contribution in [0.25, 0.3) is 6.08 Å². The van der Waals surface area contributed by atoms with E-state index in [1.165, 1.54) is 11.3 Å². The van der Waals surface area contributed by atoms with Gasteiger partial charge in [0.2, 0.25) is 11.8 Å². The molecule has 1 fully saturated rings. The van der Waals surface area contributed by atoms with Gasteiger partial charge in [-0.1, -0.05) is 24.3 Å². The van der Waals surface area contributed by atoms with Crippen molar-refractivity contribution < 1.29 is 9.59 Å². The van der Waals surface area contributed by atoms with Crippen LogP contribution in [-0.4, -0.2) is 39.0 Å². The van der Waals surface area contributed by atoms with Crippen LogP contribution in [0, 0.1) is 0 Å². The number of aryl methyl sites for hydroxylation is 1. The Morgan fingerprint density at radius 1 is 1.10 bits per heavy atom. The summed E-state index contributed by atoms with van der Waals surface area (Å²) in [5, 5.41) is 2.93. The smallest absolute Gasteiger partial charge is 0.243 e. The van der Waals surface area contributed by atoms with Gasteiger partial charge in [0, 0.05) is 51.1 Å². The van der Waals surface area contributed by atoms with Gasteiger partial charge >= 0.3 is 0 Å². The third-order valence-corrected chi connectivity index (χ3v) is 5.10. The van der Waals surface area contributed by atoms with Crippen LogP contribution in [-0.2, 0) is 16.0 Å².